The lowest BCUT2D eigenvalue weighted by molar-refractivity contribution is 0.193. The molecule has 1 saturated carbocycles. The molecular weight excluding hydrogens is 300 g/mol. The fraction of sp³-hybridized carbons (Fsp3) is 0.889. The summed E-state index contributed by atoms with van der Waals surface area (Å²) in [5.41, 5.74) is 0. The van der Waals surface area contributed by atoms with E-state index in [0.717, 1.165) is 36.7 Å². The molecule has 2 saturated heterocycles. The molecular formula is C18H32N6. The van der Waals surface area contributed by atoms with Crippen LogP contribution in [0.1, 0.15) is 37.3 Å². The van der Waals surface area contributed by atoms with Gasteiger partial charge in [0.2, 0.25) is 0 Å². The Labute approximate surface area is 145 Å². The molecule has 24 heavy (non-hydrogen) atoms. The van der Waals surface area contributed by atoms with Crippen LogP contribution in [-0.4, -0.2) is 71.4 Å². The number of piperidine rings is 2. The van der Waals surface area contributed by atoms with Gasteiger partial charge < -0.3 is 19.7 Å². The molecule has 6 nitrogen and oxygen atoms in total. The van der Waals surface area contributed by atoms with E-state index in [2.05, 4.69) is 50.9 Å². The van der Waals surface area contributed by atoms with E-state index in [9.17, 15) is 0 Å². The first-order valence-corrected chi connectivity index (χ1v) is 9.67. The topological polar surface area (TPSA) is 49.2 Å². The molecule has 0 bridgehead atoms. The van der Waals surface area contributed by atoms with Crippen molar-refractivity contribution in [3.8, 4) is 0 Å². The second-order valence-electron chi connectivity index (χ2n) is 8.18. The van der Waals surface area contributed by atoms with Crippen LogP contribution in [0.15, 0.2) is 0 Å². The van der Waals surface area contributed by atoms with E-state index in [-0.39, 0.29) is 0 Å². The zero-order valence-corrected chi connectivity index (χ0v) is 15.4. The summed E-state index contributed by atoms with van der Waals surface area (Å²) in [5.74, 6) is 5.87. The molecule has 3 atom stereocenters. The van der Waals surface area contributed by atoms with Gasteiger partial charge in [0, 0.05) is 19.0 Å². The van der Waals surface area contributed by atoms with Crippen molar-refractivity contribution in [1.82, 2.24) is 29.9 Å². The number of nitrogens with one attached hydrogen (secondary N) is 1. The number of aromatic nitrogens is 3. The molecule has 1 unspecified atom stereocenters. The van der Waals surface area contributed by atoms with Crippen LogP contribution in [0.5, 0.6) is 0 Å². The number of nitrogens with zero attached hydrogens (tertiary/aromatic N) is 5. The number of rotatable bonds is 6. The average molecular weight is 332 g/mol. The van der Waals surface area contributed by atoms with Crippen LogP contribution >= 0.6 is 0 Å². The third-order valence-electron chi connectivity index (χ3n) is 6.32. The standard InChI is InChI=1S/C18H32N6/c1-4-24-17(12-22(2)3)20-21-18(24)13-5-7-23(8-6-13)11-16-14-9-19-10-15(14)16/h13-16,19H,4-12H2,1-3H3/t14-,15+,16?. The lowest BCUT2D eigenvalue weighted by Crippen LogP contribution is -2.36. The van der Waals surface area contributed by atoms with Crippen molar-refractivity contribution in [3.05, 3.63) is 11.6 Å². The molecule has 4 rings (SSSR count). The molecule has 0 radical (unpaired) electrons. The fourth-order valence-electron chi connectivity index (χ4n) is 4.88. The zero-order valence-electron chi connectivity index (χ0n) is 15.4. The first kappa shape index (κ1) is 16.5. The second-order valence-corrected chi connectivity index (χ2v) is 8.18. The molecule has 0 aromatic carbocycles. The monoisotopic (exact) mass is 332 g/mol. The first-order valence-electron chi connectivity index (χ1n) is 9.67. The largest absolute Gasteiger partial charge is 0.316 e. The van der Waals surface area contributed by atoms with Gasteiger partial charge >= 0.3 is 0 Å². The van der Waals surface area contributed by atoms with Crippen molar-refractivity contribution in [2.75, 3.05) is 46.8 Å². The zero-order chi connectivity index (χ0) is 16.7. The van der Waals surface area contributed by atoms with E-state index in [4.69, 9.17) is 0 Å². The fourth-order valence-corrected chi connectivity index (χ4v) is 4.88. The van der Waals surface area contributed by atoms with Gasteiger partial charge in [0.25, 0.3) is 0 Å². The van der Waals surface area contributed by atoms with E-state index in [1.54, 1.807) is 0 Å². The van der Waals surface area contributed by atoms with Crippen molar-refractivity contribution in [3.63, 3.8) is 0 Å². The van der Waals surface area contributed by atoms with Gasteiger partial charge in [0.1, 0.15) is 11.6 Å². The average Bonchev–Trinajstić information content (AvgIpc) is 2.95. The van der Waals surface area contributed by atoms with E-state index >= 15 is 0 Å². The molecule has 0 spiro atoms. The Morgan fingerprint density at radius 1 is 1.12 bits per heavy atom. The van der Waals surface area contributed by atoms with Gasteiger partial charge in [0.05, 0.1) is 6.54 Å². The molecule has 1 aliphatic carbocycles. The van der Waals surface area contributed by atoms with Crippen molar-refractivity contribution >= 4 is 0 Å². The summed E-state index contributed by atoms with van der Waals surface area (Å²) in [6, 6.07) is 0. The van der Waals surface area contributed by atoms with Gasteiger partial charge in [-0.25, -0.2) is 0 Å². The number of fused-ring (bicyclic) bond motifs is 1. The molecule has 6 heteroatoms. The minimum absolute atomic E-state index is 0.588. The minimum Gasteiger partial charge on any atom is -0.316 e. The van der Waals surface area contributed by atoms with E-state index in [0.29, 0.717) is 5.92 Å². The van der Waals surface area contributed by atoms with Gasteiger partial charge in [-0.3, -0.25) is 0 Å². The summed E-state index contributed by atoms with van der Waals surface area (Å²) in [5, 5.41) is 12.5. The third-order valence-corrected chi connectivity index (χ3v) is 6.32. The molecule has 134 valence electrons. The highest BCUT2D eigenvalue weighted by Gasteiger charge is 2.52. The molecule has 1 N–H and O–H groups in total. The van der Waals surface area contributed by atoms with Crippen LogP contribution in [-0.2, 0) is 13.1 Å². The van der Waals surface area contributed by atoms with E-state index < -0.39 is 0 Å². The van der Waals surface area contributed by atoms with Gasteiger partial charge in [-0.05, 0) is 77.8 Å². The molecule has 1 aromatic heterocycles. The summed E-state index contributed by atoms with van der Waals surface area (Å²) in [4.78, 5) is 4.87. The third kappa shape index (κ3) is 3.11. The van der Waals surface area contributed by atoms with Crippen molar-refractivity contribution in [2.24, 2.45) is 17.8 Å². The van der Waals surface area contributed by atoms with Crippen LogP contribution in [0.4, 0.5) is 0 Å². The van der Waals surface area contributed by atoms with Crippen LogP contribution in [0.25, 0.3) is 0 Å². The summed E-state index contributed by atoms with van der Waals surface area (Å²) < 4.78 is 2.34. The predicted molar refractivity (Wildman–Crippen MR) is 94.8 cm³/mol. The van der Waals surface area contributed by atoms with E-state index in [1.165, 1.54) is 51.4 Å². The Kier molecular flexibility index (Phi) is 4.62. The highest BCUT2D eigenvalue weighted by molar-refractivity contribution is 5.07. The molecule has 0 amide bonds. The summed E-state index contributed by atoms with van der Waals surface area (Å²) in [7, 11) is 4.19. The molecule has 3 heterocycles. The molecule has 3 fully saturated rings. The SMILES string of the molecule is CCn1c(CN(C)C)nnc1C1CCN(CC2[C@H]3CNC[C@@H]23)CC1. The Hall–Kier alpha value is -0.980. The molecule has 3 aliphatic rings. The number of hydrogen-bond donors (Lipinski definition) is 1. The van der Waals surface area contributed by atoms with E-state index in [1.807, 2.05) is 0 Å². The van der Waals surface area contributed by atoms with Gasteiger partial charge in [-0.15, -0.1) is 10.2 Å². The van der Waals surface area contributed by atoms with Crippen LogP contribution in [0.2, 0.25) is 0 Å². The Balaban J connectivity index is 1.33. The Morgan fingerprint density at radius 2 is 1.83 bits per heavy atom. The summed E-state index contributed by atoms with van der Waals surface area (Å²) >= 11 is 0. The predicted octanol–water partition coefficient (Wildman–Crippen LogP) is 1.00. The maximum absolute atomic E-state index is 4.57. The number of likely N-dealkylation sites (tertiary alicyclic amines) is 1. The van der Waals surface area contributed by atoms with Crippen molar-refractivity contribution in [2.45, 2.75) is 38.8 Å². The lowest BCUT2D eigenvalue weighted by Gasteiger charge is -2.32. The smallest absolute Gasteiger partial charge is 0.147 e. The highest BCUT2D eigenvalue weighted by Crippen LogP contribution is 2.49. The quantitative estimate of drug-likeness (QED) is 0.842. The van der Waals surface area contributed by atoms with Gasteiger partial charge in [-0.2, -0.15) is 0 Å². The van der Waals surface area contributed by atoms with Gasteiger partial charge in [-0.1, -0.05) is 0 Å². The lowest BCUT2D eigenvalue weighted by atomic mass is 9.95. The summed E-state index contributed by atoms with van der Waals surface area (Å²) in [6.45, 7) is 10.4. The van der Waals surface area contributed by atoms with Crippen LogP contribution < -0.4 is 5.32 Å². The van der Waals surface area contributed by atoms with Crippen LogP contribution in [0, 0.1) is 17.8 Å². The van der Waals surface area contributed by atoms with Gasteiger partial charge in [0.15, 0.2) is 0 Å². The Morgan fingerprint density at radius 3 is 2.46 bits per heavy atom. The highest BCUT2D eigenvalue weighted by atomic mass is 15.3. The van der Waals surface area contributed by atoms with Crippen LogP contribution in [0.3, 0.4) is 0 Å². The summed E-state index contributed by atoms with van der Waals surface area (Å²) in [6.07, 6.45) is 2.47. The molecule has 1 aromatic rings. The Bertz CT molecular complexity index is 550. The second kappa shape index (κ2) is 6.73. The van der Waals surface area contributed by atoms with Crippen molar-refractivity contribution < 1.29 is 0 Å². The first-order chi connectivity index (χ1) is 11.7. The maximum atomic E-state index is 4.57. The normalized spacial score (nSPS) is 30.9. The molecule has 2 aliphatic heterocycles. The number of hydrogen-bond acceptors (Lipinski definition) is 5. The minimum atomic E-state index is 0.588. The van der Waals surface area contributed by atoms with Crippen molar-refractivity contribution in [1.29, 1.82) is 0 Å². The maximum Gasteiger partial charge on any atom is 0.147 e.